The number of fused-ring (bicyclic) bond motifs is 3. The second kappa shape index (κ2) is 8.81. The molecule has 0 spiro atoms. The Kier molecular flexibility index (Phi) is 5.83. The van der Waals surface area contributed by atoms with Gasteiger partial charge in [0, 0.05) is 43.1 Å². The number of para-hydroxylation sites is 1. The van der Waals surface area contributed by atoms with E-state index < -0.39 is 10.0 Å². The van der Waals surface area contributed by atoms with Crippen LogP contribution in [0.15, 0.2) is 59.6 Å². The zero-order valence-electron chi connectivity index (χ0n) is 19.2. The monoisotopic (exact) mass is 477 g/mol. The van der Waals surface area contributed by atoms with Crippen LogP contribution in [0.3, 0.4) is 0 Å². The van der Waals surface area contributed by atoms with Crippen LogP contribution in [0.2, 0.25) is 0 Å². The minimum Gasteiger partial charge on any atom is -0.324 e. The minimum absolute atomic E-state index is 0.0181. The van der Waals surface area contributed by atoms with Gasteiger partial charge in [0.15, 0.2) is 0 Å². The van der Waals surface area contributed by atoms with E-state index in [0.29, 0.717) is 36.3 Å². The second-order valence-corrected chi connectivity index (χ2v) is 10.9. The molecule has 1 aromatic heterocycles. The van der Waals surface area contributed by atoms with Gasteiger partial charge in [-0.25, -0.2) is 18.4 Å². The Hall–Kier alpha value is -3.30. The fourth-order valence-electron chi connectivity index (χ4n) is 4.43. The number of benzene rings is 2. The number of sulfonamides is 1. The van der Waals surface area contributed by atoms with E-state index in [1.165, 1.54) is 0 Å². The van der Waals surface area contributed by atoms with Crippen LogP contribution < -0.4 is 10.2 Å². The highest BCUT2D eigenvalue weighted by atomic mass is 32.2. The molecule has 1 N–H and O–H groups in total. The average molecular weight is 478 g/mol. The molecule has 1 saturated heterocycles. The van der Waals surface area contributed by atoms with Gasteiger partial charge in [-0.05, 0) is 49.1 Å². The summed E-state index contributed by atoms with van der Waals surface area (Å²) in [5.41, 5.74) is 3.83. The van der Waals surface area contributed by atoms with Crippen molar-refractivity contribution >= 4 is 33.3 Å². The Labute approximate surface area is 199 Å². The summed E-state index contributed by atoms with van der Waals surface area (Å²) in [6.07, 6.45) is 3.68. The molecule has 1 fully saturated rings. The summed E-state index contributed by atoms with van der Waals surface area (Å²) in [7, 11) is -1.73. The third-order valence-electron chi connectivity index (χ3n) is 6.59. The molecule has 0 radical (unpaired) electrons. The van der Waals surface area contributed by atoms with Crippen molar-refractivity contribution in [1.82, 2.24) is 14.3 Å². The molecule has 2 aliphatic rings. The first-order valence-corrected chi connectivity index (χ1v) is 12.9. The first-order chi connectivity index (χ1) is 16.3. The number of aromatic nitrogens is 2. The smallest absolute Gasteiger partial charge is 0.243 e. The highest BCUT2D eigenvalue weighted by Crippen LogP contribution is 2.35. The molecular formula is C25H27N5O3S. The van der Waals surface area contributed by atoms with Crippen LogP contribution in [-0.4, -0.2) is 48.7 Å². The third-order valence-corrected chi connectivity index (χ3v) is 8.50. The Morgan fingerprint density at radius 3 is 2.47 bits per heavy atom. The molecule has 2 aliphatic heterocycles. The summed E-state index contributed by atoms with van der Waals surface area (Å²) in [5, 5.41) is 3.16. The van der Waals surface area contributed by atoms with Gasteiger partial charge in [-0.1, -0.05) is 25.1 Å². The van der Waals surface area contributed by atoms with Crippen molar-refractivity contribution in [2.75, 3.05) is 30.4 Å². The maximum Gasteiger partial charge on any atom is 0.243 e. The van der Waals surface area contributed by atoms with Gasteiger partial charge < -0.3 is 10.2 Å². The van der Waals surface area contributed by atoms with Crippen LogP contribution >= 0.6 is 0 Å². The molecule has 0 atom stereocenters. The van der Waals surface area contributed by atoms with E-state index in [4.69, 9.17) is 4.98 Å². The fourth-order valence-corrected chi connectivity index (χ4v) is 5.90. The molecule has 0 unspecified atom stereocenters. The first-order valence-electron chi connectivity index (χ1n) is 11.4. The van der Waals surface area contributed by atoms with Crippen LogP contribution in [0, 0.1) is 5.92 Å². The van der Waals surface area contributed by atoms with E-state index in [0.717, 1.165) is 29.7 Å². The summed E-state index contributed by atoms with van der Waals surface area (Å²) in [6, 6.07) is 14.3. The molecule has 2 aromatic carbocycles. The van der Waals surface area contributed by atoms with Gasteiger partial charge in [-0.15, -0.1) is 0 Å². The number of amides is 1. The molecule has 176 valence electrons. The molecule has 3 heterocycles. The van der Waals surface area contributed by atoms with Crippen molar-refractivity contribution in [2.24, 2.45) is 5.92 Å². The lowest BCUT2D eigenvalue weighted by molar-refractivity contribution is -0.117. The number of nitrogens with zero attached hydrogens (tertiary/aromatic N) is 4. The van der Waals surface area contributed by atoms with Crippen molar-refractivity contribution < 1.29 is 13.2 Å². The number of hydrogen-bond acceptors (Lipinski definition) is 6. The maximum atomic E-state index is 13.0. The molecule has 8 nitrogen and oxygen atoms in total. The summed E-state index contributed by atoms with van der Waals surface area (Å²) in [5.74, 6) is 0.922. The molecular weight excluding hydrogens is 450 g/mol. The van der Waals surface area contributed by atoms with Crippen molar-refractivity contribution in [3.8, 4) is 11.3 Å². The van der Waals surface area contributed by atoms with Crippen molar-refractivity contribution in [1.29, 1.82) is 0 Å². The Bertz CT molecular complexity index is 1330. The van der Waals surface area contributed by atoms with Crippen LogP contribution in [-0.2, 0) is 21.2 Å². The number of nitrogens with one attached hydrogen (secondary N) is 1. The van der Waals surface area contributed by atoms with Gasteiger partial charge in [0.2, 0.25) is 21.9 Å². The number of carbonyl (C=O) groups excluding carboxylic acids is 1. The van der Waals surface area contributed by atoms with Gasteiger partial charge in [-0.2, -0.15) is 4.31 Å². The lowest BCUT2D eigenvalue weighted by Crippen LogP contribution is -2.37. The van der Waals surface area contributed by atoms with Crippen LogP contribution in [0.25, 0.3) is 11.3 Å². The van der Waals surface area contributed by atoms with Gasteiger partial charge in [0.05, 0.1) is 22.7 Å². The second-order valence-electron chi connectivity index (χ2n) is 8.95. The van der Waals surface area contributed by atoms with Gasteiger partial charge in [0.1, 0.15) is 0 Å². The summed E-state index contributed by atoms with van der Waals surface area (Å²) < 4.78 is 27.5. The molecule has 3 aromatic rings. The largest absolute Gasteiger partial charge is 0.324 e. The number of likely N-dealkylation sites (N-methyl/N-ethyl adjacent to an activating group) is 1. The highest BCUT2D eigenvalue weighted by molar-refractivity contribution is 7.89. The van der Waals surface area contributed by atoms with E-state index in [9.17, 15) is 13.2 Å². The predicted molar refractivity (Wildman–Crippen MR) is 131 cm³/mol. The van der Waals surface area contributed by atoms with E-state index in [1.807, 2.05) is 24.3 Å². The van der Waals surface area contributed by atoms with Crippen LogP contribution in [0.5, 0.6) is 0 Å². The quantitative estimate of drug-likeness (QED) is 0.614. The number of carbonyl (C=O) groups is 1. The standard InChI is InChI=1S/C25H27N5O3S/c1-17-11-13-30(14-12-17)34(32,33)20-9-7-19(8-10-20)27-25-26-16-18-15-23(31)29(2)22-6-4-3-5-21(22)24(18)28-25/h3-10,16-17H,11-15H2,1-2H3,(H,26,27,28). The Morgan fingerprint density at radius 1 is 1.03 bits per heavy atom. The highest BCUT2D eigenvalue weighted by Gasteiger charge is 2.28. The van der Waals surface area contributed by atoms with E-state index in [1.54, 1.807) is 46.7 Å². The van der Waals surface area contributed by atoms with Crippen LogP contribution in [0.1, 0.15) is 25.3 Å². The average Bonchev–Trinajstić information content (AvgIpc) is 2.94. The van der Waals surface area contributed by atoms with Gasteiger partial charge in [-0.3, -0.25) is 4.79 Å². The zero-order valence-corrected chi connectivity index (χ0v) is 20.0. The molecule has 9 heteroatoms. The minimum atomic E-state index is -3.50. The van der Waals surface area contributed by atoms with Crippen LogP contribution in [0.4, 0.5) is 17.3 Å². The molecule has 0 aliphatic carbocycles. The molecule has 0 bridgehead atoms. The third kappa shape index (κ3) is 4.17. The maximum absolute atomic E-state index is 13.0. The topological polar surface area (TPSA) is 95.5 Å². The fraction of sp³-hybridized carbons (Fsp3) is 0.320. The lowest BCUT2D eigenvalue weighted by Gasteiger charge is -2.29. The number of anilines is 3. The number of piperidine rings is 1. The van der Waals surface area contributed by atoms with E-state index >= 15 is 0 Å². The first kappa shape index (κ1) is 22.5. The van der Waals surface area contributed by atoms with Crippen molar-refractivity contribution in [3.63, 3.8) is 0 Å². The normalized spacial score (nSPS) is 17.1. The molecule has 5 rings (SSSR count). The van der Waals surface area contributed by atoms with Gasteiger partial charge >= 0.3 is 0 Å². The molecule has 34 heavy (non-hydrogen) atoms. The molecule has 1 amide bonds. The SMILES string of the molecule is CC1CCN(S(=O)(=O)c2ccc(Nc3ncc4c(n3)-c3ccccc3N(C)C(=O)C4)cc2)CC1. The summed E-state index contributed by atoms with van der Waals surface area (Å²) in [4.78, 5) is 23.6. The number of hydrogen-bond donors (Lipinski definition) is 1. The van der Waals surface area contributed by atoms with Crippen molar-refractivity contribution in [2.45, 2.75) is 31.1 Å². The van der Waals surface area contributed by atoms with Crippen molar-refractivity contribution in [3.05, 3.63) is 60.3 Å². The molecule has 0 saturated carbocycles. The Balaban J connectivity index is 1.39. The number of rotatable bonds is 4. The zero-order chi connectivity index (χ0) is 23.9. The summed E-state index contributed by atoms with van der Waals surface area (Å²) in [6.45, 7) is 3.28. The summed E-state index contributed by atoms with van der Waals surface area (Å²) >= 11 is 0. The van der Waals surface area contributed by atoms with Gasteiger partial charge in [0.25, 0.3) is 0 Å². The van der Waals surface area contributed by atoms with E-state index in [2.05, 4.69) is 17.2 Å². The predicted octanol–water partition coefficient (Wildman–Crippen LogP) is 3.83. The lowest BCUT2D eigenvalue weighted by atomic mass is 10.0. The Morgan fingerprint density at radius 2 is 1.74 bits per heavy atom. The van der Waals surface area contributed by atoms with E-state index in [-0.39, 0.29) is 17.2 Å².